The lowest BCUT2D eigenvalue weighted by molar-refractivity contribution is -0.0176. The Hall–Kier alpha value is -2.69. The van der Waals surface area contributed by atoms with Gasteiger partial charge in [0, 0.05) is 30.8 Å². The second-order valence-corrected chi connectivity index (χ2v) is 7.29. The van der Waals surface area contributed by atoms with Crippen LogP contribution in [0.1, 0.15) is 25.5 Å². The number of nitrogens with zero attached hydrogens (tertiary/aromatic N) is 1. The third-order valence-corrected chi connectivity index (χ3v) is 4.54. The number of carbonyl (C=O) groups excluding carboxylic acids is 1. The van der Waals surface area contributed by atoms with Crippen LogP contribution in [0.25, 0.3) is 11.1 Å². The number of fused-ring (bicyclic) bond motifs is 1. The number of hydrogen-bond donors (Lipinski definition) is 1. The Balaban J connectivity index is 2.00. The predicted octanol–water partition coefficient (Wildman–Crippen LogP) is 3.97. The van der Waals surface area contributed by atoms with Gasteiger partial charge in [-0.1, -0.05) is 38.1 Å². The van der Waals surface area contributed by atoms with Gasteiger partial charge in [-0.3, -0.25) is 0 Å². The number of nitrogens with two attached hydrogens (primary N) is 1. The molecule has 0 aromatic heterocycles. The molecule has 5 nitrogen and oxygen atoms in total. The minimum absolute atomic E-state index is 0.339. The van der Waals surface area contributed by atoms with Gasteiger partial charge in [-0.25, -0.2) is 4.79 Å². The summed E-state index contributed by atoms with van der Waals surface area (Å²) in [5.74, 6) is 0.735. The maximum atomic E-state index is 11.3. The van der Waals surface area contributed by atoms with Crippen LogP contribution in [0.2, 0.25) is 0 Å². The van der Waals surface area contributed by atoms with Gasteiger partial charge in [-0.15, -0.1) is 0 Å². The van der Waals surface area contributed by atoms with Crippen LogP contribution in [0.5, 0.6) is 5.75 Å². The zero-order valence-corrected chi connectivity index (χ0v) is 15.1. The Morgan fingerprint density at radius 1 is 1.20 bits per heavy atom. The molecule has 0 saturated heterocycles. The van der Waals surface area contributed by atoms with Gasteiger partial charge in [-0.2, -0.15) is 0 Å². The fraction of sp³-hybridized carbons (Fsp3) is 0.350. The van der Waals surface area contributed by atoms with Crippen molar-refractivity contribution in [1.82, 2.24) is 0 Å². The van der Waals surface area contributed by atoms with Crippen molar-refractivity contribution in [2.45, 2.75) is 20.0 Å². The molecule has 25 heavy (non-hydrogen) atoms. The van der Waals surface area contributed by atoms with E-state index >= 15 is 0 Å². The number of rotatable bonds is 3. The standard InChI is InChI=1S/C20H24N2O3/c1-20(2)12-24-17-11-14(8-9-16(17)18(20)25-19(21)23)13-6-5-7-15(10-13)22(3)4/h5-11,18H,12H2,1-4H3,(H2,21,23). The van der Waals surface area contributed by atoms with Crippen LogP contribution in [0.4, 0.5) is 10.5 Å². The maximum absolute atomic E-state index is 11.3. The van der Waals surface area contributed by atoms with Crippen molar-refractivity contribution in [1.29, 1.82) is 0 Å². The normalized spacial score (nSPS) is 18.0. The molecule has 1 aliphatic heterocycles. The van der Waals surface area contributed by atoms with E-state index in [0.717, 1.165) is 28.1 Å². The second-order valence-electron chi connectivity index (χ2n) is 7.29. The van der Waals surface area contributed by atoms with Crippen molar-refractivity contribution in [3.05, 3.63) is 48.0 Å². The lowest BCUT2D eigenvalue weighted by atomic mass is 9.80. The Labute approximate surface area is 148 Å². The summed E-state index contributed by atoms with van der Waals surface area (Å²) in [5.41, 5.74) is 9.07. The molecule has 0 bridgehead atoms. The van der Waals surface area contributed by atoms with Crippen molar-refractivity contribution in [3.63, 3.8) is 0 Å². The van der Waals surface area contributed by atoms with Crippen LogP contribution in [0.3, 0.4) is 0 Å². The number of anilines is 1. The van der Waals surface area contributed by atoms with Crippen LogP contribution in [0.15, 0.2) is 42.5 Å². The van der Waals surface area contributed by atoms with Gasteiger partial charge in [-0.05, 0) is 29.3 Å². The molecule has 5 heteroatoms. The highest BCUT2D eigenvalue weighted by Gasteiger charge is 2.40. The first kappa shape index (κ1) is 17.1. The van der Waals surface area contributed by atoms with Crippen molar-refractivity contribution >= 4 is 11.8 Å². The van der Waals surface area contributed by atoms with E-state index in [9.17, 15) is 4.79 Å². The van der Waals surface area contributed by atoms with Gasteiger partial charge in [0.2, 0.25) is 0 Å². The Morgan fingerprint density at radius 2 is 1.92 bits per heavy atom. The van der Waals surface area contributed by atoms with Gasteiger partial charge in [0.15, 0.2) is 0 Å². The summed E-state index contributed by atoms with van der Waals surface area (Å²) in [5, 5.41) is 0. The third-order valence-electron chi connectivity index (χ3n) is 4.54. The first-order chi connectivity index (χ1) is 11.8. The minimum atomic E-state index is -0.770. The average Bonchev–Trinajstić information content (AvgIpc) is 2.57. The Morgan fingerprint density at radius 3 is 2.60 bits per heavy atom. The zero-order valence-electron chi connectivity index (χ0n) is 15.1. The molecule has 0 fully saturated rings. The van der Waals surface area contributed by atoms with Gasteiger partial charge in [0.25, 0.3) is 0 Å². The molecule has 0 aliphatic carbocycles. The molecule has 1 heterocycles. The average molecular weight is 340 g/mol. The fourth-order valence-electron chi connectivity index (χ4n) is 3.12. The number of primary amides is 1. The Bertz CT molecular complexity index is 799. The summed E-state index contributed by atoms with van der Waals surface area (Å²) < 4.78 is 11.3. The van der Waals surface area contributed by atoms with E-state index in [4.69, 9.17) is 15.2 Å². The molecule has 1 aliphatic rings. The zero-order chi connectivity index (χ0) is 18.2. The van der Waals surface area contributed by atoms with E-state index in [1.807, 2.05) is 52.2 Å². The van der Waals surface area contributed by atoms with Crippen LogP contribution < -0.4 is 15.4 Å². The lowest BCUT2D eigenvalue weighted by Crippen LogP contribution is -2.37. The van der Waals surface area contributed by atoms with Crippen molar-refractivity contribution in [2.75, 3.05) is 25.6 Å². The molecule has 0 saturated carbocycles. The van der Waals surface area contributed by atoms with Gasteiger partial charge in [0.1, 0.15) is 11.9 Å². The highest BCUT2D eigenvalue weighted by molar-refractivity contribution is 5.71. The van der Waals surface area contributed by atoms with Gasteiger partial charge < -0.3 is 20.1 Å². The third kappa shape index (κ3) is 3.40. The maximum Gasteiger partial charge on any atom is 0.405 e. The van der Waals surface area contributed by atoms with E-state index < -0.39 is 12.2 Å². The molecular formula is C20H24N2O3. The van der Waals surface area contributed by atoms with Crippen LogP contribution >= 0.6 is 0 Å². The molecule has 1 atom stereocenters. The van der Waals surface area contributed by atoms with E-state index in [0.29, 0.717) is 6.61 Å². The number of carbonyl (C=O) groups is 1. The van der Waals surface area contributed by atoms with Gasteiger partial charge in [0.05, 0.1) is 6.61 Å². The minimum Gasteiger partial charge on any atom is -0.492 e. The molecule has 0 radical (unpaired) electrons. The summed E-state index contributed by atoms with van der Waals surface area (Å²) in [6.07, 6.45) is -1.19. The van der Waals surface area contributed by atoms with E-state index in [2.05, 4.69) is 23.1 Å². The predicted molar refractivity (Wildman–Crippen MR) is 98.9 cm³/mol. The Kier molecular flexibility index (Phi) is 4.33. The van der Waals surface area contributed by atoms with Crippen LogP contribution in [0, 0.1) is 5.41 Å². The quantitative estimate of drug-likeness (QED) is 0.918. The molecule has 3 rings (SSSR count). The van der Waals surface area contributed by atoms with Crippen molar-refractivity contribution in [3.8, 4) is 16.9 Å². The largest absolute Gasteiger partial charge is 0.492 e. The first-order valence-electron chi connectivity index (χ1n) is 8.28. The topological polar surface area (TPSA) is 64.8 Å². The summed E-state index contributed by atoms with van der Waals surface area (Å²) in [6, 6.07) is 14.3. The van der Waals surface area contributed by atoms with Crippen molar-refractivity contribution < 1.29 is 14.3 Å². The fourth-order valence-corrected chi connectivity index (χ4v) is 3.12. The molecule has 132 valence electrons. The molecule has 2 aromatic rings. The number of benzene rings is 2. The van der Waals surface area contributed by atoms with E-state index in [1.54, 1.807) is 0 Å². The second kappa shape index (κ2) is 6.31. The first-order valence-corrected chi connectivity index (χ1v) is 8.28. The summed E-state index contributed by atoms with van der Waals surface area (Å²) in [6.45, 7) is 4.45. The van der Waals surface area contributed by atoms with E-state index in [-0.39, 0.29) is 5.41 Å². The molecule has 2 aromatic carbocycles. The molecule has 1 unspecified atom stereocenters. The monoisotopic (exact) mass is 340 g/mol. The molecule has 0 spiro atoms. The molecular weight excluding hydrogens is 316 g/mol. The summed E-state index contributed by atoms with van der Waals surface area (Å²) >= 11 is 0. The smallest absolute Gasteiger partial charge is 0.405 e. The number of ether oxygens (including phenoxy) is 2. The molecule has 2 N–H and O–H groups in total. The SMILES string of the molecule is CN(C)c1cccc(-c2ccc3c(c2)OCC(C)(C)C3OC(N)=O)c1. The summed E-state index contributed by atoms with van der Waals surface area (Å²) in [4.78, 5) is 13.4. The van der Waals surface area contributed by atoms with Crippen LogP contribution in [-0.2, 0) is 4.74 Å². The highest BCUT2D eigenvalue weighted by atomic mass is 16.6. The lowest BCUT2D eigenvalue weighted by Gasteiger charge is -2.38. The summed E-state index contributed by atoms with van der Waals surface area (Å²) in [7, 11) is 4.03. The van der Waals surface area contributed by atoms with Gasteiger partial charge >= 0.3 is 6.09 Å². The molecule has 1 amide bonds. The number of hydrogen-bond acceptors (Lipinski definition) is 4. The highest BCUT2D eigenvalue weighted by Crippen LogP contribution is 2.46. The van der Waals surface area contributed by atoms with Crippen LogP contribution in [-0.4, -0.2) is 26.8 Å². The number of amides is 1. The van der Waals surface area contributed by atoms with E-state index in [1.165, 1.54) is 0 Å². The van der Waals surface area contributed by atoms with Crippen molar-refractivity contribution in [2.24, 2.45) is 11.1 Å².